The molecule has 2 aromatic rings. The minimum absolute atomic E-state index is 0.0207. The van der Waals surface area contributed by atoms with Gasteiger partial charge in [0.2, 0.25) is 0 Å². The maximum absolute atomic E-state index is 12.1. The summed E-state index contributed by atoms with van der Waals surface area (Å²) in [5.74, 6) is 0.224. The highest BCUT2D eigenvalue weighted by Crippen LogP contribution is 2.56. The molecule has 4 rings (SSSR count). The zero-order chi connectivity index (χ0) is 16.2. The fraction of sp³-hybridized carbons (Fsp3) is 0.545. The van der Waals surface area contributed by atoms with E-state index in [4.69, 9.17) is 24.0 Å². The molecule has 5 atom stereocenters. The number of phosphoric ester groups is 1. The molecule has 124 valence electrons. The molecule has 0 aromatic carbocycles. The number of hydrogen-bond acceptors (Lipinski definition) is 10. The highest BCUT2D eigenvalue weighted by Gasteiger charge is 2.53. The molecule has 2 aliphatic rings. The van der Waals surface area contributed by atoms with Gasteiger partial charge in [0, 0.05) is 7.11 Å². The molecule has 2 aliphatic heterocycles. The molecular weight excluding hydrogens is 329 g/mol. The number of rotatable bonds is 2. The lowest BCUT2D eigenvalue weighted by Gasteiger charge is -2.29. The smallest absolute Gasteiger partial charge is 0.386 e. The fourth-order valence-electron chi connectivity index (χ4n) is 2.71. The van der Waals surface area contributed by atoms with Crippen molar-refractivity contribution < 1.29 is 28.0 Å². The summed E-state index contributed by atoms with van der Waals surface area (Å²) in [5.41, 5.74) is 6.56. The van der Waals surface area contributed by atoms with Crippen LogP contribution in [0, 0.1) is 0 Å². The number of nitrogens with two attached hydrogens (primary N) is 1. The first-order valence-electron chi connectivity index (χ1n) is 6.77. The van der Waals surface area contributed by atoms with E-state index < -0.39 is 32.4 Å². The summed E-state index contributed by atoms with van der Waals surface area (Å²) in [7, 11) is -2.46. The third-order valence-corrected chi connectivity index (χ3v) is 5.26. The zero-order valence-electron chi connectivity index (χ0n) is 12.0. The van der Waals surface area contributed by atoms with Crippen molar-refractivity contribution in [1.29, 1.82) is 0 Å². The number of imidazole rings is 1. The van der Waals surface area contributed by atoms with Crippen LogP contribution in [0.4, 0.5) is 5.82 Å². The monoisotopic (exact) mass is 343 g/mol. The number of fused-ring (bicyclic) bond motifs is 2. The third kappa shape index (κ3) is 2.24. The number of hydrogen-bond donors (Lipinski definition) is 2. The van der Waals surface area contributed by atoms with Gasteiger partial charge >= 0.3 is 7.82 Å². The zero-order valence-corrected chi connectivity index (χ0v) is 12.9. The van der Waals surface area contributed by atoms with Gasteiger partial charge in [-0.25, -0.2) is 19.5 Å². The van der Waals surface area contributed by atoms with Crippen LogP contribution in [0.1, 0.15) is 6.23 Å². The maximum Gasteiger partial charge on any atom is 0.475 e. The van der Waals surface area contributed by atoms with E-state index >= 15 is 0 Å². The van der Waals surface area contributed by atoms with Crippen LogP contribution < -0.4 is 5.73 Å². The van der Waals surface area contributed by atoms with Crippen LogP contribution in [0.5, 0.6) is 0 Å². The van der Waals surface area contributed by atoms with Gasteiger partial charge in [0.1, 0.15) is 30.2 Å². The number of ether oxygens (including phenoxy) is 1. The molecule has 2 aromatic heterocycles. The first-order chi connectivity index (χ1) is 11.0. The standard InChI is InChI=1S/C11H14N5O6P/c1-19-23(18)20-2-5-8(22-23)7(17)11(21-5)16-4-15-6-9(12)13-3-14-10(6)16/h3-5,7-8,11,17H,2H2,1H3,(H2,12,13,14)/t5-,7-,8-,11-,23-/m1/s1. The summed E-state index contributed by atoms with van der Waals surface area (Å²) in [6.45, 7) is -0.0207. The van der Waals surface area contributed by atoms with Crippen molar-refractivity contribution >= 4 is 24.8 Å². The summed E-state index contributed by atoms with van der Waals surface area (Å²) in [5, 5.41) is 10.5. The highest BCUT2D eigenvalue weighted by molar-refractivity contribution is 7.48. The van der Waals surface area contributed by atoms with Crippen LogP contribution in [0.15, 0.2) is 12.7 Å². The van der Waals surface area contributed by atoms with Crippen LogP contribution >= 0.6 is 7.82 Å². The molecule has 0 bridgehead atoms. The Hall–Kier alpha value is -1.62. The summed E-state index contributed by atoms with van der Waals surface area (Å²) >= 11 is 0. The summed E-state index contributed by atoms with van der Waals surface area (Å²) < 4.78 is 34.4. The van der Waals surface area contributed by atoms with E-state index in [9.17, 15) is 9.67 Å². The molecule has 11 nitrogen and oxygen atoms in total. The lowest BCUT2D eigenvalue weighted by atomic mass is 10.1. The maximum atomic E-state index is 12.1. The second-order valence-corrected chi connectivity index (χ2v) is 6.86. The van der Waals surface area contributed by atoms with Crippen molar-refractivity contribution in [2.45, 2.75) is 24.5 Å². The number of aromatic nitrogens is 4. The van der Waals surface area contributed by atoms with Crippen LogP contribution in [-0.4, -0.2) is 56.7 Å². The minimum Gasteiger partial charge on any atom is -0.386 e. The number of phosphoric acid groups is 1. The highest BCUT2D eigenvalue weighted by atomic mass is 31.2. The lowest BCUT2D eigenvalue weighted by molar-refractivity contribution is -0.0685. The molecule has 0 saturated carbocycles. The molecule has 2 saturated heterocycles. The molecule has 4 heterocycles. The Kier molecular flexibility index (Phi) is 3.38. The van der Waals surface area contributed by atoms with E-state index in [0.29, 0.717) is 11.2 Å². The second kappa shape index (κ2) is 5.20. The normalized spacial score (nSPS) is 37.1. The second-order valence-electron chi connectivity index (χ2n) is 5.13. The molecule has 12 heteroatoms. The topological polar surface area (TPSA) is 144 Å². The Bertz CT molecular complexity index is 798. The van der Waals surface area contributed by atoms with E-state index in [-0.39, 0.29) is 12.4 Å². The van der Waals surface area contributed by atoms with E-state index in [1.807, 2.05) is 0 Å². The SMILES string of the molecule is CO[P@]1(=O)OC[C@H]2O[C@@H](n3cnc4c(N)ncnc43)[C@H](O)[C@@H]2O1. The summed E-state index contributed by atoms with van der Waals surface area (Å²) in [6, 6.07) is 0. The van der Waals surface area contributed by atoms with E-state index in [1.54, 1.807) is 0 Å². The lowest BCUT2D eigenvalue weighted by Crippen LogP contribution is -2.39. The van der Waals surface area contributed by atoms with Gasteiger partial charge in [-0.2, -0.15) is 0 Å². The predicted octanol–water partition coefficient (Wildman–Crippen LogP) is -0.163. The van der Waals surface area contributed by atoms with Gasteiger partial charge in [-0.1, -0.05) is 0 Å². The molecule has 0 amide bonds. The van der Waals surface area contributed by atoms with Crippen molar-refractivity contribution in [2.75, 3.05) is 19.5 Å². The quantitative estimate of drug-likeness (QED) is 0.705. The Balaban J connectivity index is 1.68. The Morgan fingerprint density at radius 1 is 1.48 bits per heavy atom. The van der Waals surface area contributed by atoms with Crippen LogP contribution in [0.3, 0.4) is 0 Å². The third-order valence-electron chi connectivity index (χ3n) is 3.84. The molecule has 2 fully saturated rings. The Morgan fingerprint density at radius 2 is 2.30 bits per heavy atom. The van der Waals surface area contributed by atoms with Crippen molar-refractivity contribution in [2.24, 2.45) is 0 Å². The first-order valence-corrected chi connectivity index (χ1v) is 8.24. The van der Waals surface area contributed by atoms with Gasteiger partial charge in [0.15, 0.2) is 17.7 Å². The minimum atomic E-state index is -3.67. The molecule has 0 spiro atoms. The van der Waals surface area contributed by atoms with Gasteiger partial charge in [-0.05, 0) is 0 Å². The van der Waals surface area contributed by atoms with Crippen LogP contribution in [0.25, 0.3) is 11.2 Å². The van der Waals surface area contributed by atoms with E-state index in [1.165, 1.54) is 24.3 Å². The molecular formula is C11H14N5O6P. The van der Waals surface area contributed by atoms with Crippen molar-refractivity contribution in [1.82, 2.24) is 19.5 Å². The number of anilines is 1. The fourth-order valence-corrected chi connectivity index (χ4v) is 3.85. The summed E-state index contributed by atoms with van der Waals surface area (Å²) in [4.78, 5) is 12.1. The Morgan fingerprint density at radius 3 is 3.09 bits per heavy atom. The molecule has 3 N–H and O–H groups in total. The van der Waals surface area contributed by atoms with Gasteiger partial charge in [-0.15, -0.1) is 0 Å². The van der Waals surface area contributed by atoms with Crippen LogP contribution in [-0.2, 0) is 22.9 Å². The largest absolute Gasteiger partial charge is 0.475 e. The van der Waals surface area contributed by atoms with Gasteiger partial charge in [0.05, 0.1) is 12.9 Å². The molecule has 23 heavy (non-hydrogen) atoms. The average Bonchev–Trinajstić information content (AvgIpc) is 3.10. The van der Waals surface area contributed by atoms with Gasteiger partial charge in [0.25, 0.3) is 0 Å². The molecule has 0 aliphatic carbocycles. The Labute approximate surface area is 130 Å². The predicted molar refractivity (Wildman–Crippen MR) is 75.1 cm³/mol. The van der Waals surface area contributed by atoms with Crippen molar-refractivity contribution in [3.8, 4) is 0 Å². The van der Waals surface area contributed by atoms with E-state index in [2.05, 4.69) is 15.0 Å². The first kappa shape index (κ1) is 14.9. The number of aliphatic hydroxyl groups excluding tert-OH is 1. The van der Waals surface area contributed by atoms with Gasteiger partial charge < -0.3 is 15.6 Å². The molecule has 0 radical (unpaired) electrons. The molecule has 0 unspecified atom stereocenters. The van der Waals surface area contributed by atoms with E-state index in [0.717, 1.165) is 0 Å². The van der Waals surface area contributed by atoms with Crippen LogP contribution in [0.2, 0.25) is 0 Å². The average molecular weight is 343 g/mol. The number of nitrogens with zero attached hydrogens (tertiary/aromatic N) is 4. The van der Waals surface area contributed by atoms with Gasteiger partial charge in [-0.3, -0.25) is 18.1 Å². The van der Waals surface area contributed by atoms with Crippen molar-refractivity contribution in [3.05, 3.63) is 12.7 Å². The van der Waals surface area contributed by atoms with Crippen molar-refractivity contribution in [3.63, 3.8) is 0 Å². The number of aliphatic hydroxyl groups is 1. The number of nitrogen functional groups attached to an aromatic ring is 1. The summed E-state index contributed by atoms with van der Waals surface area (Å²) in [6.07, 6.45) is -0.655.